The number of fused-ring (bicyclic) bond motifs is 1. The van der Waals surface area contributed by atoms with E-state index in [-0.39, 0.29) is 6.04 Å². The van der Waals surface area contributed by atoms with Gasteiger partial charge in [-0.2, -0.15) is 5.26 Å². The van der Waals surface area contributed by atoms with Crippen LogP contribution in [0.2, 0.25) is 0 Å². The molecule has 0 aliphatic heterocycles. The maximum atomic E-state index is 11.6. The smallest absolute Gasteiger partial charge is 0.152 e. The summed E-state index contributed by atoms with van der Waals surface area (Å²) in [5, 5.41) is 12.1. The Labute approximate surface area is 129 Å². The molecule has 0 saturated heterocycles. The van der Waals surface area contributed by atoms with E-state index in [0.29, 0.717) is 11.1 Å². The molecule has 0 fully saturated rings. The number of hydrogen-bond donors (Lipinski definition) is 2. The fourth-order valence-corrected chi connectivity index (χ4v) is 2.94. The van der Waals surface area contributed by atoms with Crippen molar-refractivity contribution in [2.75, 3.05) is 5.32 Å². The van der Waals surface area contributed by atoms with Crippen LogP contribution in [-0.2, 0) is 12.8 Å². The van der Waals surface area contributed by atoms with Gasteiger partial charge in [-0.15, -0.1) is 0 Å². The Morgan fingerprint density at radius 2 is 2.00 bits per heavy atom. The molecule has 0 radical (unpaired) electrons. The normalized spacial score (nSPS) is 16.5. The zero-order valence-corrected chi connectivity index (χ0v) is 12.2. The molecular formula is C18H17N3O. The first kappa shape index (κ1) is 14.3. The average Bonchev–Trinajstić information content (AvgIpc) is 2.55. The number of nitrogens with two attached hydrogens (primary N) is 1. The highest BCUT2D eigenvalue weighted by Gasteiger charge is 2.20. The molecule has 4 nitrogen and oxygen atoms in total. The van der Waals surface area contributed by atoms with E-state index in [0.717, 1.165) is 42.5 Å². The van der Waals surface area contributed by atoms with Crippen LogP contribution in [-0.4, -0.2) is 12.3 Å². The molecule has 0 heterocycles. The maximum absolute atomic E-state index is 11.6. The lowest BCUT2D eigenvalue weighted by atomic mass is 9.85. The molecule has 0 aromatic heterocycles. The maximum Gasteiger partial charge on any atom is 0.152 e. The van der Waals surface area contributed by atoms with Crippen molar-refractivity contribution in [1.29, 1.82) is 5.26 Å². The Balaban J connectivity index is 1.93. The van der Waals surface area contributed by atoms with Gasteiger partial charge in [-0.3, -0.25) is 4.79 Å². The average molecular weight is 291 g/mol. The van der Waals surface area contributed by atoms with E-state index >= 15 is 0 Å². The number of rotatable bonds is 3. The molecule has 1 aliphatic rings. The molecular weight excluding hydrogens is 274 g/mol. The number of carbonyl (C=O) groups is 1. The third kappa shape index (κ3) is 2.72. The lowest BCUT2D eigenvalue weighted by Gasteiger charge is -2.24. The monoisotopic (exact) mass is 291 g/mol. The fraction of sp³-hybridized carbons (Fsp3) is 0.222. The summed E-state index contributed by atoms with van der Waals surface area (Å²) in [6, 6.07) is 13.4. The SMILES string of the molecule is N#Cc1ccc(Nc2ccc3c(c2C=O)CC[C@H](N)C3)cc1. The minimum atomic E-state index is 0.185. The molecule has 22 heavy (non-hydrogen) atoms. The van der Waals surface area contributed by atoms with Crippen LogP contribution in [0.1, 0.15) is 33.5 Å². The Hall–Kier alpha value is -2.64. The molecule has 0 spiro atoms. The summed E-state index contributed by atoms with van der Waals surface area (Å²) in [4.78, 5) is 11.6. The highest BCUT2D eigenvalue weighted by atomic mass is 16.1. The first-order valence-electron chi connectivity index (χ1n) is 7.34. The molecule has 2 aromatic rings. The number of nitrogens with zero attached hydrogens (tertiary/aromatic N) is 1. The minimum Gasteiger partial charge on any atom is -0.355 e. The highest BCUT2D eigenvalue weighted by Crippen LogP contribution is 2.30. The second-order valence-corrected chi connectivity index (χ2v) is 5.60. The standard InChI is InChI=1S/C18H17N3O/c19-10-12-1-5-15(6-2-12)21-18-8-3-13-9-14(20)4-7-16(13)17(18)11-22/h1-3,5-6,8,11,14,21H,4,7,9,20H2/t14-/m0/s1. The zero-order valence-electron chi connectivity index (χ0n) is 12.2. The van der Waals surface area contributed by atoms with E-state index in [1.807, 2.05) is 24.3 Å². The second kappa shape index (κ2) is 6.00. The number of nitriles is 1. The lowest BCUT2D eigenvalue weighted by molar-refractivity contribution is 0.112. The van der Waals surface area contributed by atoms with E-state index in [1.165, 1.54) is 5.56 Å². The van der Waals surface area contributed by atoms with E-state index < -0.39 is 0 Å². The predicted octanol–water partition coefficient (Wildman–Crippen LogP) is 2.93. The van der Waals surface area contributed by atoms with Crippen molar-refractivity contribution in [3.63, 3.8) is 0 Å². The Morgan fingerprint density at radius 3 is 2.68 bits per heavy atom. The molecule has 3 N–H and O–H groups in total. The van der Waals surface area contributed by atoms with Crippen LogP contribution >= 0.6 is 0 Å². The van der Waals surface area contributed by atoms with Gasteiger partial charge in [-0.05, 0) is 60.7 Å². The van der Waals surface area contributed by atoms with Crippen LogP contribution in [0.5, 0.6) is 0 Å². The van der Waals surface area contributed by atoms with Crippen LogP contribution in [0.15, 0.2) is 36.4 Å². The van der Waals surface area contributed by atoms with Crippen molar-refractivity contribution >= 4 is 17.7 Å². The second-order valence-electron chi connectivity index (χ2n) is 5.60. The van der Waals surface area contributed by atoms with Crippen LogP contribution < -0.4 is 11.1 Å². The Bertz CT molecular complexity index is 744. The van der Waals surface area contributed by atoms with Gasteiger partial charge in [0.05, 0.1) is 11.6 Å². The molecule has 0 bridgehead atoms. The Kier molecular flexibility index (Phi) is 3.90. The number of benzene rings is 2. The van der Waals surface area contributed by atoms with E-state index in [9.17, 15) is 4.79 Å². The summed E-state index contributed by atoms with van der Waals surface area (Å²) < 4.78 is 0. The van der Waals surface area contributed by atoms with Gasteiger partial charge in [0, 0.05) is 23.0 Å². The topological polar surface area (TPSA) is 78.9 Å². The number of aldehydes is 1. The molecule has 110 valence electrons. The summed E-state index contributed by atoms with van der Waals surface area (Å²) in [6.07, 6.45) is 3.50. The summed E-state index contributed by atoms with van der Waals surface area (Å²) in [5.41, 5.74) is 11.3. The molecule has 0 saturated carbocycles. The van der Waals surface area contributed by atoms with Crippen LogP contribution in [0.4, 0.5) is 11.4 Å². The quantitative estimate of drug-likeness (QED) is 0.852. The molecule has 2 aromatic carbocycles. The third-order valence-corrected chi connectivity index (χ3v) is 4.11. The zero-order chi connectivity index (χ0) is 15.5. The van der Waals surface area contributed by atoms with E-state index in [4.69, 9.17) is 11.0 Å². The van der Waals surface area contributed by atoms with Crippen molar-refractivity contribution in [3.05, 3.63) is 58.7 Å². The Morgan fingerprint density at radius 1 is 1.23 bits per heavy atom. The van der Waals surface area contributed by atoms with E-state index in [1.54, 1.807) is 12.1 Å². The van der Waals surface area contributed by atoms with Crippen molar-refractivity contribution in [1.82, 2.24) is 0 Å². The minimum absolute atomic E-state index is 0.185. The first-order chi connectivity index (χ1) is 10.7. The fourth-order valence-electron chi connectivity index (χ4n) is 2.94. The summed E-state index contributed by atoms with van der Waals surface area (Å²) in [6.45, 7) is 0. The summed E-state index contributed by atoms with van der Waals surface area (Å²) in [5.74, 6) is 0. The van der Waals surface area contributed by atoms with Gasteiger partial charge in [-0.25, -0.2) is 0 Å². The van der Waals surface area contributed by atoms with Gasteiger partial charge in [0.25, 0.3) is 0 Å². The van der Waals surface area contributed by atoms with Crippen LogP contribution in [0.3, 0.4) is 0 Å². The van der Waals surface area contributed by atoms with Crippen molar-refractivity contribution in [2.24, 2.45) is 5.73 Å². The first-order valence-corrected chi connectivity index (χ1v) is 7.34. The molecule has 0 amide bonds. The van der Waals surface area contributed by atoms with Crippen molar-refractivity contribution in [2.45, 2.75) is 25.3 Å². The van der Waals surface area contributed by atoms with Crippen molar-refractivity contribution < 1.29 is 4.79 Å². The summed E-state index contributed by atoms with van der Waals surface area (Å²) >= 11 is 0. The van der Waals surface area contributed by atoms with Gasteiger partial charge >= 0.3 is 0 Å². The molecule has 4 heteroatoms. The van der Waals surface area contributed by atoms with Gasteiger partial charge in [-0.1, -0.05) is 6.07 Å². The number of anilines is 2. The van der Waals surface area contributed by atoms with Gasteiger partial charge in [0.1, 0.15) is 0 Å². The van der Waals surface area contributed by atoms with E-state index in [2.05, 4.69) is 11.4 Å². The van der Waals surface area contributed by atoms with Gasteiger partial charge in [0.15, 0.2) is 6.29 Å². The van der Waals surface area contributed by atoms with Crippen LogP contribution in [0, 0.1) is 11.3 Å². The number of carbonyl (C=O) groups excluding carboxylic acids is 1. The van der Waals surface area contributed by atoms with Crippen molar-refractivity contribution in [3.8, 4) is 6.07 Å². The van der Waals surface area contributed by atoms with Crippen LogP contribution in [0.25, 0.3) is 0 Å². The molecule has 3 rings (SSSR count). The molecule has 0 unspecified atom stereocenters. The lowest BCUT2D eigenvalue weighted by Crippen LogP contribution is -2.28. The third-order valence-electron chi connectivity index (χ3n) is 4.11. The van der Waals surface area contributed by atoms with Gasteiger partial charge < -0.3 is 11.1 Å². The number of nitrogens with one attached hydrogen (secondary N) is 1. The highest BCUT2D eigenvalue weighted by molar-refractivity contribution is 5.89. The predicted molar refractivity (Wildman–Crippen MR) is 86.3 cm³/mol. The summed E-state index contributed by atoms with van der Waals surface area (Å²) in [7, 11) is 0. The largest absolute Gasteiger partial charge is 0.355 e. The molecule has 1 aliphatic carbocycles. The van der Waals surface area contributed by atoms with Gasteiger partial charge in [0.2, 0.25) is 0 Å². The number of hydrogen-bond acceptors (Lipinski definition) is 4. The molecule has 1 atom stereocenters.